The summed E-state index contributed by atoms with van der Waals surface area (Å²) >= 11 is 5.45. The van der Waals surface area contributed by atoms with E-state index in [2.05, 4.69) is 46.0 Å². The second-order valence-corrected chi connectivity index (χ2v) is 5.79. The quantitative estimate of drug-likeness (QED) is 0.907. The molecule has 15 heavy (non-hydrogen) atoms. The van der Waals surface area contributed by atoms with Gasteiger partial charge in [-0.2, -0.15) is 0 Å². The van der Waals surface area contributed by atoms with E-state index in [9.17, 15) is 0 Å². The Morgan fingerprint density at radius 1 is 1.60 bits per heavy atom. The predicted molar refractivity (Wildman–Crippen MR) is 70.7 cm³/mol. The van der Waals surface area contributed by atoms with Gasteiger partial charge in [-0.05, 0) is 25.1 Å². The van der Waals surface area contributed by atoms with Gasteiger partial charge in [0.25, 0.3) is 0 Å². The number of rotatable bonds is 2. The summed E-state index contributed by atoms with van der Waals surface area (Å²) in [6.45, 7) is 3.98. The highest BCUT2D eigenvalue weighted by molar-refractivity contribution is 9.10. The van der Waals surface area contributed by atoms with Crippen molar-refractivity contribution in [2.45, 2.75) is 17.9 Å². The lowest BCUT2D eigenvalue weighted by Gasteiger charge is -2.35. The van der Waals surface area contributed by atoms with Crippen LogP contribution in [0.2, 0.25) is 0 Å². The van der Waals surface area contributed by atoms with Gasteiger partial charge in [-0.25, -0.2) is 0 Å². The average Bonchev–Trinajstić information content (AvgIpc) is 2.27. The van der Waals surface area contributed by atoms with Crippen LogP contribution < -0.4 is 10.6 Å². The van der Waals surface area contributed by atoms with Gasteiger partial charge >= 0.3 is 0 Å². The molecule has 1 aromatic carbocycles. The van der Waals surface area contributed by atoms with Crippen molar-refractivity contribution in [1.82, 2.24) is 0 Å². The number of benzene rings is 1. The van der Waals surface area contributed by atoms with Gasteiger partial charge in [0.05, 0.1) is 5.69 Å². The molecule has 1 aliphatic rings. The fourth-order valence-corrected chi connectivity index (χ4v) is 3.14. The highest BCUT2D eigenvalue weighted by Crippen LogP contribution is 2.37. The van der Waals surface area contributed by atoms with Crippen molar-refractivity contribution in [3.8, 4) is 0 Å². The molecule has 1 aliphatic heterocycles. The normalized spacial score (nSPS) is 17.4. The molecular weight excluding hydrogens is 272 g/mol. The molecule has 0 saturated heterocycles. The summed E-state index contributed by atoms with van der Waals surface area (Å²) in [4.78, 5) is 3.76. The summed E-state index contributed by atoms with van der Waals surface area (Å²) in [5.74, 6) is 1.15. The van der Waals surface area contributed by atoms with E-state index < -0.39 is 0 Å². The van der Waals surface area contributed by atoms with Crippen LogP contribution >= 0.6 is 27.7 Å². The van der Waals surface area contributed by atoms with Gasteiger partial charge in [0.1, 0.15) is 0 Å². The number of hydrogen-bond acceptors (Lipinski definition) is 3. The van der Waals surface area contributed by atoms with E-state index in [0.717, 1.165) is 16.8 Å². The second-order valence-electron chi connectivity index (χ2n) is 3.74. The minimum absolute atomic E-state index is 0.416. The van der Waals surface area contributed by atoms with Crippen molar-refractivity contribution in [2.75, 3.05) is 23.7 Å². The molecule has 0 amide bonds. The molecular formula is C11H15BrN2S. The maximum atomic E-state index is 5.74. The third-order valence-electron chi connectivity index (χ3n) is 2.69. The monoisotopic (exact) mass is 286 g/mol. The van der Waals surface area contributed by atoms with Crippen LogP contribution in [0.15, 0.2) is 27.6 Å². The van der Waals surface area contributed by atoms with Crippen molar-refractivity contribution in [2.24, 2.45) is 5.73 Å². The van der Waals surface area contributed by atoms with E-state index in [-0.39, 0.29) is 0 Å². The third-order valence-corrected chi connectivity index (χ3v) is 4.23. The van der Waals surface area contributed by atoms with Gasteiger partial charge < -0.3 is 10.6 Å². The van der Waals surface area contributed by atoms with Crippen molar-refractivity contribution in [3.05, 3.63) is 22.7 Å². The van der Waals surface area contributed by atoms with Gasteiger partial charge in [-0.15, -0.1) is 11.8 Å². The zero-order chi connectivity index (χ0) is 10.8. The lowest BCUT2D eigenvalue weighted by Crippen LogP contribution is -2.41. The molecule has 82 valence electrons. The van der Waals surface area contributed by atoms with Gasteiger partial charge in [0.15, 0.2) is 0 Å². The Bertz CT molecular complexity index is 356. The minimum Gasteiger partial charge on any atom is -0.366 e. The Morgan fingerprint density at radius 2 is 2.40 bits per heavy atom. The van der Waals surface area contributed by atoms with Gasteiger partial charge in [-0.3, -0.25) is 0 Å². The van der Waals surface area contributed by atoms with Gasteiger partial charge in [0.2, 0.25) is 0 Å². The van der Waals surface area contributed by atoms with E-state index in [1.165, 1.54) is 10.6 Å². The zero-order valence-corrected chi connectivity index (χ0v) is 11.1. The van der Waals surface area contributed by atoms with E-state index in [0.29, 0.717) is 12.6 Å². The Labute approximate surface area is 103 Å². The molecule has 1 unspecified atom stereocenters. The first-order valence-electron chi connectivity index (χ1n) is 5.11. The van der Waals surface area contributed by atoms with E-state index in [4.69, 9.17) is 5.73 Å². The fourth-order valence-electron chi connectivity index (χ4n) is 1.80. The number of thioether (sulfide) groups is 1. The summed E-state index contributed by atoms with van der Waals surface area (Å²) in [7, 11) is 0. The minimum atomic E-state index is 0.416. The molecule has 1 atom stereocenters. The van der Waals surface area contributed by atoms with Crippen LogP contribution in [0.4, 0.5) is 5.69 Å². The Balaban J connectivity index is 2.36. The number of fused-ring (bicyclic) bond motifs is 1. The molecule has 0 spiro atoms. The average molecular weight is 287 g/mol. The highest BCUT2D eigenvalue weighted by Gasteiger charge is 2.20. The van der Waals surface area contributed by atoms with Gasteiger partial charge in [-0.1, -0.05) is 15.9 Å². The summed E-state index contributed by atoms with van der Waals surface area (Å²) in [6, 6.07) is 6.88. The molecule has 2 rings (SSSR count). The van der Waals surface area contributed by atoms with Crippen molar-refractivity contribution >= 4 is 33.4 Å². The Kier molecular flexibility index (Phi) is 3.59. The Hall–Kier alpha value is -0.190. The van der Waals surface area contributed by atoms with Crippen LogP contribution in [0.25, 0.3) is 0 Å². The number of anilines is 1. The summed E-state index contributed by atoms with van der Waals surface area (Å²) in [5, 5.41) is 0. The largest absolute Gasteiger partial charge is 0.366 e. The van der Waals surface area contributed by atoms with Crippen LogP contribution in [-0.4, -0.2) is 24.9 Å². The van der Waals surface area contributed by atoms with Crippen LogP contribution in [0.3, 0.4) is 0 Å². The van der Waals surface area contributed by atoms with E-state index in [1.54, 1.807) is 0 Å². The molecule has 0 aromatic heterocycles. The standard InChI is InChI=1S/C11H15BrN2S/c1-8(7-13)14-4-5-15-11-3-2-9(12)6-10(11)14/h2-3,6,8H,4-5,7,13H2,1H3. The van der Waals surface area contributed by atoms with Gasteiger partial charge in [0, 0.05) is 34.3 Å². The molecule has 0 bridgehead atoms. The summed E-state index contributed by atoms with van der Waals surface area (Å²) in [5.41, 5.74) is 7.06. The van der Waals surface area contributed by atoms with Crippen molar-refractivity contribution < 1.29 is 0 Å². The lowest BCUT2D eigenvalue weighted by atomic mass is 10.2. The predicted octanol–water partition coefficient (Wildman–Crippen LogP) is 2.71. The number of halogens is 1. The molecule has 1 heterocycles. The zero-order valence-electron chi connectivity index (χ0n) is 8.74. The second kappa shape index (κ2) is 4.76. The molecule has 0 radical (unpaired) electrons. The first-order chi connectivity index (χ1) is 7.22. The van der Waals surface area contributed by atoms with Crippen molar-refractivity contribution in [3.63, 3.8) is 0 Å². The fraction of sp³-hybridized carbons (Fsp3) is 0.455. The molecule has 1 aromatic rings. The molecule has 2 nitrogen and oxygen atoms in total. The summed E-state index contributed by atoms with van der Waals surface area (Å²) < 4.78 is 1.14. The number of hydrogen-bond donors (Lipinski definition) is 1. The topological polar surface area (TPSA) is 29.3 Å². The SMILES string of the molecule is CC(CN)N1CCSc2ccc(Br)cc21. The van der Waals surface area contributed by atoms with Crippen LogP contribution in [0.5, 0.6) is 0 Å². The third kappa shape index (κ3) is 2.32. The van der Waals surface area contributed by atoms with E-state index >= 15 is 0 Å². The number of nitrogens with two attached hydrogens (primary N) is 1. The molecule has 0 aliphatic carbocycles. The van der Waals surface area contributed by atoms with Crippen LogP contribution in [0.1, 0.15) is 6.92 Å². The van der Waals surface area contributed by atoms with Crippen LogP contribution in [0, 0.1) is 0 Å². The lowest BCUT2D eigenvalue weighted by molar-refractivity contribution is 0.651. The molecule has 4 heteroatoms. The maximum absolute atomic E-state index is 5.74. The Morgan fingerprint density at radius 3 is 3.13 bits per heavy atom. The molecule has 2 N–H and O–H groups in total. The first kappa shape index (κ1) is 11.3. The van der Waals surface area contributed by atoms with E-state index in [1.807, 2.05) is 11.8 Å². The number of nitrogens with zero attached hydrogens (tertiary/aromatic N) is 1. The molecule has 0 fully saturated rings. The maximum Gasteiger partial charge on any atom is 0.0518 e. The molecule has 0 saturated carbocycles. The smallest absolute Gasteiger partial charge is 0.0518 e. The highest BCUT2D eigenvalue weighted by atomic mass is 79.9. The van der Waals surface area contributed by atoms with Crippen LogP contribution in [-0.2, 0) is 0 Å². The first-order valence-corrected chi connectivity index (χ1v) is 6.89. The summed E-state index contributed by atoms with van der Waals surface area (Å²) in [6.07, 6.45) is 0. The van der Waals surface area contributed by atoms with Crippen molar-refractivity contribution in [1.29, 1.82) is 0 Å².